The van der Waals surface area contributed by atoms with E-state index >= 15 is 0 Å². The lowest BCUT2D eigenvalue weighted by molar-refractivity contribution is -0.140. The Labute approximate surface area is 133 Å². The molecule has 2 fully saturated rings. The number of hydrogen-bond donors (Lipinski definition) is 3. The summed E-state index contributed by atoms with van der Waals surface area (Å²) in [5.41, 5.74) is -0.338. The van der Waals surface area contributed by atoms with E-state index in [1.165, 1.54) is 6.07 Å². The molecule has 23 heavy (non-hydrogen) atoms. The molecule has 1 saturated carbocycles. The van der Waals surface area contributed by atoms with E-state index in [2.05, 4.69) is 10.6 Å². The van der Waals surface area contributed by atoms with Crippen molar-refractivity contribution in [3.8, 4) is 0 Å². The van der Waals surface area contributed by atoms with Gasteiger partial charge in [-0.25, -0.2) is 4.79 Å². The highest BCUT2D eigenvalue weighted by molar-refractivity contribution is 6.01. The van der Waals surface area contributed by atoms with Gasteiger partial charge < -0.3 is 20.5 Å². The first-order chi connectivity index (χ1) is 11.0. The van der Waals surface area contributed by atoms with E-state index in [0.29, 0.717) is 37.1 Å². The van der Waals surface area contributed by atoms with Crippen LogP contribution >= 0.6 is 0 Å². The van der Waals surface area contributed by atoms with Crippen LogP contribution in [-0.2, 0) is 14.3 Å². The number of anilines is 1. The fraction of sp³-hybridized carbons (Fsp3) is 0.438. The number of amides is 2. The summed E-state index contributed by atoms with van der Waals surface area (Å²) in [4.78, 5) is 35.3. The van der Waals surface area contributed by atoms with Gasteiger partial charge in [0.15, 0.2) is 0 Å². The van der Waals surface area contributed by atoms with Crippen molar-refractivity contribution in [1.82, 2.24) is 5.32 Å². The first-order valence-corrected chi connectivity index (χ1v) is 7.59. The molecule has 1 aromatic rings. The average molecular weight is 318 g/mol. The summed E-state index contributed by atoms with van der Waals surface area (Å²) in [6, 6.07) is 6.42. The van der Waals surface area contributed by atoms with Crippen molar-refractivity contribution in [3.05, 3.63) is 29.8 Å². The van der Waals surface area contributed by atoms with Gasteiger partial charge in [-0.3, -0.25) is 9.59 Å². The topological polar surface area (TPSA) is 105 Å². The van der Waals surface area contributed by atoms with Crippen LogP contribution in [0.5, 0.6) is 0 Å². The van der Waals surface area contributed by atoms with Crippen molar-refractivity contribution in [2.45, 2.75) is 37.3 Å². The molecule has 1 aliphatic heterocycles. The second-order valence-electron chi connectivity index (χ2n) is 5.91. The van der Waals surface area contributed by atoms with Gasteiger partial charge in [0.25, 0.3) is 11.8 Å². The van der Waals surface area contributed by atoms with Crippen molar-refractivity contribution < 1.29 is 24.2 Å². The first kappa shape index (κ1) is 15.5. The largest absolute Gasteiger partial charge is 0.480 e. The summed E-state index contributed by atoms with van der Waals surface area (Å²) in [6.07, 6.45) is 1.96. The van der Waals surface area contributed by atoms with Crippen LogP contribution in [0.4, 0.5) is 5.69 Å². The Hall–Kier alpha value is -2.41. The molecule has 0 radical (unpaired) electrons. The Balaban J connectivity index is 1.66. The van der Waals surface area contributed by atoms with Crippen molar-refractivity contribution in [3.63, 3.8) is 0 Å². The molecular weight excluding hydrogens is 300 g/mol. The predicted molar refractivity (Wildman–Crippen MR) is 81.1 cm³/mol. The van der Waals surface area contributed by atoms with Gasteiger partial charge in [0.05, 0.1) is 0 Å². The fourth-order valence-corrected chi connectivity index (χ4v) is 2.55. The molecular formula is C16H18N2O5. The third kappa shape index (κ3) is 3.34. The lowest BCUT2D eigenvalue weighted by Crippen LogP contribution is -2.43. The third-order valence-electron chi connectivity index (χ3n) is 4.13. The van der Waals surface area contributed by atoms with E-state index < -0.39 is 23.5 Å². The molecule has 1 aromatic carbocycles. The van der Waals surface area contributed by atoms with Crippen molar-refractivity contribution in [2.24, 2.45) is 0 Å². The van der Waals surface area contributed by atoms with Crippen LogP contribution in [0.3, 0.4) is 0 Å². The van der Waals surface area contributed by atoms with Gasteiger partial charge in [-0.05, 0) is 43.9 Å². The zero-order chi connectivity index (χ0) is 16.4. The number of carbonyl (C=O) groups excluding carboxylic acids is 2. The molecule has 1 atom stereocenters. The van der Waals surface area contributed by atoms with Gasteiger partial charge in [0.2, 0.25) is 0 Å². The minimum atomic E-state index is -1.13. The summed E-state index contributed by atoms with van der Waals surface area (Å²) in [5.74, 6) is -1.71. The standard InChI is InChI=1S/C16H18N2O5/c19-13(18-16(6-7-16)15(21)22)10-3-1-4-11(9-10)17-14(20)12-5-2-8-23-12/h1,3-4,9,12H,2,5-8H2,(H,17,20)(H,18,19)(H,21,22). The zero-order valence-electron chi connectivity index (χ0n) is 12.5. The number of rotatable bonds is 5. The molecule has 7 nitrogen and oxygen atoms in total. The van der Waals surface area contributed by atoms with Gasteiger partial charge >= 0.3 is 5.97 Å². The van der Waals surface area contributed by atoms with Crippen LogP contribution in [0.15, 0.2) is 24.3 Å². The number of carbonyl (C=O) groups is 3. The van der Waals surface area contributed by atoms with E-state index in [1.807, 2.05) is 0 Å². The van der Waals surface area contributed by atoms with Gasteiger partial charge in [0, 0.05) is 17.9 Å². The number of ether oxygens (including phenoxy) is 1. The van der Waals surface area contributed by atoms with E-state index in [1.54, 1.807) is 18.2 Å². The molecule has 1 heterocycles. The summed E-state index contributed by atoms with van der Waals surface area (Å²) in [7, 11) is 0. The van der Waals surface area contributed by atoms with Crippen molar-refractivity contribution in [2.75, 3.05) is 11.9 Å². The molecule has 3 rings (SSSR count). The molecule has 0 bridgehead atoms. The highest BCUT2D eigenvalue weighted by Gasteiger charge is 2.51. The molecule has 2 amide bonds. The maximum Gasteiger partial charge on any atom is 0.329 e. The second-order valence-corrected chi connectivity index (χ2v) is 5.91. The Morgan fingerprint density at radius 1 is 1.26 bits per heavy atom. The quantitative estimate of drug-likeness (QED) is 0.755. The van der Waals surface area contributed by atoms with Gasteiger partial charge in [-0.15, -0.1) is 0 Å². The smallest absolute Gasteiger partial charge is 0.329 e. The van der Waals surface area contributed by atoms with Crippen LogP contribution < -0.4 is 10.6 Å². The molecule has 0 spiro atoms. The fourth-order valence-electron chi connectivity index (χ4n) is 2.55. The zero-order valence-corrected chi connectivity index (χ0v) is 12.5. The molecule has 2 aliphatic rings. The minimum absolute atomic E-state index is 0.232. The van der Waals surface area contributed by atoms with E-state index in [-0.39, 0.29) is 5.91 Å². The van der Waals surface area contributed by atoms with Gasteiger partial charge in [-0.2, -0.15) is 0 Å². The van der Waals surface area contributed by atoms with E-state index in [9.17, 15) is 14.4 Å². The van der Waals surface area contributed by atoms with Gasteiger partial charge in [0.1, 0.15) is 11.6 Å². The first-order valence-electron chi connectivity index (χ1n) is 7.59. The molecule has 3 N–H and O–H groups in total. The third-order valence-corrected chi connectivity index (χ3v) is 4.13. The molecule has 1 saturated heterocycles. The number of hydrogen-bond acceptors (Lipinski definition) is 4. The number of carboxylic acids is 1. The molecule has 7 heteroatoms. The maximum atomic E-state index is 12.2. The SMILES string of the molecule is O=C(NC1(C(=O)O)CC1)c1cccc(NC(=O)C2CCCO2)c1. The van der Waals surface area contributed by atoms with Crippen molar-refractivity contribution >= 4 is 23.5 Å². The van der Waals surface area contributed by atoms with Crippen LogP contribution in [0, 0.1) is 0 Å². The molecule has 1 aliphatic carbocycles. The van der Waals surface area contributed by atoms with Crippen molar-refractivity contribution in [1.29, 1.82) is 0 Å². The predicted octanol–water partition coefficient (Wildman–Crippen LogP) is 1.15. The minimum Gasteiger partial charge on any atom is -0.480 e. The molecule has 0 aromatic heterocycles. The van der Waals surface area contributed by atoms with Crippen LogP contribution in [0.25, 0.3) is 0 Å². The molecule has 1 unspecified atom stereocenters. The normalized spacial score (nSPS) is 21.5. The number of aliphatic carboxylic acids is 1. The summed E-state index contributed by atoms with van der Waals surface area (Å²) < 4.78 is 5.31. The number of benzene rings is 1. The highest BCUT2D eigenvalue weighted by Crippen LogP contribution is 2.35. The average Bonchev–Trinajstić information content (AvgIpc) is 3.11. The van der Waals surface area contributed by atoms with Crippen LogP contribution in [0.1, 0.15) is 36.0 Å². The van der Waals surface area contributed by atoms with Gasteiger partial charge in [-0.1, -0.05) is 6.07 Å². The monoisotopic (exact) mass is 318 g/mol. The highest BCUT2D eigenvalue weighted by atomic mass is 16.5. The van der Waals surface area contributed by atoms with E-state index in [4.69, 9.17) is 9.84 Å². The van der Waals surface area contributed by atoms with Crippen LogP contribution in [0.2, 0.25) is 0 Å². The molecule has 122 valence electrons. The lowest BCUT2D eigenvalue weighted by Gasteiger charge is -2.14. The number of carboxylic acid groups (broad SMARTS) is 1. The Bertz CT molecular complexity index is 648. The Morgan fingerprint density at radius 2 is 2.04 bits per heavy atom. The summed E-state index contributed by atoms with van der Waals surface area (Å²) in [6.45, 7) is 0.581. The van der Waals surface area contributed by atoms with E-state index in [0.717, 1.165) is 6.42 Å². The summed E-state index contributed by atoms with van der Waals surface area (Å²) >= 11 is 0. The lowest BCUT2D eigenvalue weighted by atomic mass is 10.1. The maximum absolute atomic E-state index is 12.2. The van der Waals surface area contributed by atoms with Crippen LogP contribution in [-0.4, -0.2) is 41.1 Å². The Kier molecular flexibility index (Phi) is 4.04. The number of nitrogens with one attached hydrogen (secondary N) is 2. The summed E-state index contributed by atoms with van der Waals surface area (Å²) in [5, 5.41) is 14.4. The Morgan fingerprint density at radius 3 is 2.65 bits per heavy atom. The second kappa shape index (κ2) is 6.00.